The van der Waals surface area contributed by atoms with Crippen LogP contribution >= 0.6 is 0 Å². The fourth-order valence-electron chi connectivity index (χ4n) is 4.24. The van der Waals surface area contributed by atoms with Gasteiger partial charge in [0.05, 0.1) is 0 Å². The molecule has 1 amide bonds. The molecule has 4 atom stereocenters. The van der Waals surface area contributed by atoms with Crippen molar-refractivity contribution < 1.29 is 9.53 Å². The highest BCUT2D eigenvalue weighted by Gasteiger charge is 2.32. The molecule has 0 N–H and O–H groups in total. The number of benzene rings is 1. The van der Waals surface area contributed by atoms with Gasteiger partial charge in [-0.25, -0.2) is 4.79 Å². The summed E-state index contributed by atoms with van der Waals surface area (Å²) in [5, 5.41) is 0. The van der Waals surface area contributed by atoms with Crippen molar-refractivity contribution in [2.24, 2.45) is 11.8 Å². The molecule has 3 heteroatoms. The molecular formula is C21H29NO2. The summed E-state index contributed by atoms with van der Waals surface area (Å²) in [5.41, 5.74) is 2.62. The van der Waals surface area contributed by atoms with E-state index in [1.807, 2.05) is 17.9 Å². The van der Waals surface area contributed by atoms with Crippen LogP contribution in [0.2, 0.25) is 0 Å². The molecule has 2 aliphatic rings. The van der Waals surface area contributed by atoms with Crippen LogP contribution in [0.5, 0.6) is 0 Å². The van der Waals surface area contributed by atoms with Gasteiger partial charge in [-0.3, -0.25) is 0 Å². The van der Waals surface area contributed by atoms with Gasteiger partial charge in [0.1, 0.15) is 6.10 Å². The monoisotopic (exact) mass is 327 g/mol. The average molecular weight is 327 g/mol. The predicted molar refractivity (Wildman–Crippen MR) is 97.0 cm³/mol. The van der Waals surface area contributed by atoms with Crippen LogP contribution in [0, 0.1) is 11.8 Å². The summed E-state index contributed by atoms with van der Waals surface area (Å²) in [6, 6.07) is 10.5. The molecular weight excluding hydrogens is 298 g/mol. The summed E-state index contributed by atoms with van der Waals surface area (Å²) in [6.45, 7) is 10.0. The van der Waals surface area contributed by atoms with E-state index in [1.165, 1.54) is 11.1 Å². The van der Waals surface area contributed by atoms with Crippen LogP contribution in [0.3, 0.4) is 0 Å². The predicted octanol–water partition coefficient (Wildman–Crippen LogP) is 4.99. The standard InChI is InChI=1S/C21H29NO2/c1-15-11-16(2)13-20(12-15)17(3)24-21(23)22-10-9-19(14-22)18-7-5-4-6-8-18/h4-8,16-17,19-20H,1,9-14H2,2-3H3. The van der Waals surface area contributed by atoms with Gasteiger partial charge >= 0.3 is 6.09 Å². The van der Waals surface area contributed by atoms with Gasteiger partial charge in [0.25, 0.3) is 0 Å². The lowest BCUT2D eigenvalue weighted by molar-refractivity contribution is 0.0378. The van der Waals surface area contributed by atoms with Crippen LogP contribution in [-0.2, 0) is 4.74 Å². The van der Waals surface area contributed by atoms with Gasteiger partial charge in [-0.1, -0.05) is 49.4 Å². The van der Waals surface area contributed by atoms with Crippen molar-refractivity contribution in [2.75, 3.05) is 13.1 Å². The Bertz CT molecular complexity index is 583. The van der Waals surface area contributed by atoms with E-state index in [0.717, 1.165) is 38.8 Å². The fourth-order valence-corrected chi connectivity index (χ4v) is 4.24. The van der Waals surface area contributed by atoms with E-state index in [-0.39, 0.29) is 12.2 Å². The van der Waals surface area contributed by atoms with Gasteiger partial charge in [0.2, 0.25) is 0 Å². The van der Waals surface area contributed by atoms with Gasteiger partial charge in [-0.05, 0) is 50.0 Å². The zero-order valence-electron chi connectivity index (χ0n) is 14.9. The van der Waals surface area contributed by atoms with E-state index in [9.17, 15) is 4.79 Å². The normalized spacial score (nSPS) is 28.7. The second kappa shape index (κ2) is 7.42. The van der Waals surface area contributed by atoms with Crippen LogP contribution in [0.1, 0.15) is 51.0 Å². The van der Waals surface area contributed by atoms with Crippen LogP contribution < -0.4 is 0 Å². The van der Waals surface area contributed by atoms with E-state index in [4.69, 9.17) is 4.74 Å². The van der Waals surface area contributed by atoms with Gasteiger partial charge in [-0.15, -0.1) is 0 Å². The highest BCUT2D eigenvalue weighted by atomic mass is 16.6. The second-order valence-electron chi connectivity index (χ2n) is 7.69. The van der Waals surface area contributed by atoms with E-state index in [1.54, 1.807) is 0 Å². The molecule has 24 heavy (non-hydrogen) atoms. The first-order chi connectivity index (χ1) is 11.5. The summed E-state index contributed by atoms with van der Waals surface area (Å²) in [7, 11) is 0. The van der Waals surface area contributed by atoms with Crippen molar-refractivity contribution in [1.29, 1.82) is 0 Å². The van der Waals surface area contributed by atoms with Gasteiger partial charge in [0.15, 0.2) is 0 Å². The Kier molecular flexibility index (Phi) is 5.27. The first-order valence-electron chi connectivity index (χ1n) is 9.20. The molecule has 0 radical (unpaired) electrons. The van der Waals surface area contributed by atoms with E-state index >= 15 is 0 Å². The highest BCUT2D eigenvalue weighted by molar-refractivity contribution is 5.68. The molecule has 1 aliphatic heterocycles. The smallest absolute Gasteiger partial charge is 0.410 e. The number of nitrogens with zero attached hydrogens (tertiary/aromatic N) is 1. The molecule has 1 saturated carbocycles. The molecule has 1 aromatic rings. The molecule has 0 spiro atoms. The Labute approximate surface area is 145 Å². The third-order valence-corrected chi connectivity index (χ3v) is 5.56. The summed E-state index contributed by atoms with van der Waals surface area (Å²) >= 11 is 0. The number of ether oxygens (including phenoxy) is 1. The first-order valence-corrected chi connectivity index (χ1v) is 9.20. The third-order valence-electron chi connectivity index (χ3n) is 5.56. The molecule has 0 aromatic heterocycles. The van der Waals surface area contributed by atoms with Crippen LogP contribution in [0.25, 0.3) is 0 Å². The molecule has 4 unspecified atom stereocenters. The number of hydrogen-bond acceptors (Lipinski definition) is 2. The van der Waals surface area contributed by atoms with E-state index in [2.05, 4.69) is 37.8 Å². The number of amides is 1. The lowest BCUT2D eigenvalue weighted by Gasteiger charge is -2.33. The van der Waals surface area contributed by atoms with Crippen LogP contribution in [0.15, 0.2) is 42.5 Å². The maximum Gasteiger partial charge on any atom is 0.410 e. The van der Waals surface area contributed by atoms with Crippen molar-refractivity contribution in [3.8, 4) is 0 Å². The summed E-state index contributed by atoms with van der Waals surface area (Å²) in [5.74, 6) is 1.49. The molecule has 3 nitrogen and oxygen atoms in total. The number of hydrogen-bond donors (Lipinski definition) is 0. The molecule has 1 saturated heterocycles. The first kappa shape index (κ1) is 17.1. The van der Waals surface area contributed by atoms with Gasteiger partial charge < -0.3 is 9.64 Å². The van der Waals surface area contributed by atoms with E-state index in [0.29, 0.717) is 17.8 Å². The fraction of sp³-hybridized carbons (Fsp3) is 0.571. The van der Waals surface area contributed by atoms with Gasteiger partial charge in [0, 0.05) is 19.0 Å². The minimum Gasteiger partial charge on any atom is -0.446 e. The summed E-state index contributed by atoms with van der Waals surface area (Å²) < 4.78 is 5.80. The second-order valence-corrected chi connectivity index (χ2v) is 7.69. The zero-order chi connectivity index (χ0) is 17.1. The van der Waals surface area contributed by atoms with Crippen molar-refractivity contribution in [1.82, 2.24) is 4.90 Å². The lowest BCUT2D eigenvalue weighted by atomic mass is 9.78. The maximum atomic E-state index is 12.5. The number of allylic oxidation sites excluding steroid dienone is 1. The molecule has 3 rings (SSSR count). The quantitative estimate of drug-likeness (QED) is 0.732. The number of likely N-dealkylation sites (tertiary alicyclic amines) is 1. The zero-order valence-corrected chi connectivity index (χ0v) is 14.9. The Morgan fingerprint density at radius 2 is 2.04 bits per heavy atom. The molecule has 1 aliphatic carbocycles. The number of rotatable bonds is 3. The third kappa shape index (κ3) is 4.00. The summed E-state index contributed by atoms with van der Waals surface area (Å²) in [6.07, 6.45) is 4.07. The van der Waals surface area contributed by atoms with Crippen molar-refractivity contribution >= 4 is 6.09 Å². The molecule has 130 valence electrons. The highest BCUT2D eigenvalue weighted by Crippen LogP contribution is 2.35. The minimum atomic E-state index is -0.148. The molecule has 1 heterocycles. The van der Waals surface area contributed by atoms with Crippen molar-refractivity contribution in [2.45, 2.75) is 51.6 Å². The number of carbonyl (C=O) groups is 1. The summed E-state index contributed by atoms with van der Waals surface area (Å²) in [4.78, 5) is 14.4. The van der Waals surface area contributed by atoms with Gasteiger partial charge in [-0.2, -0.15) is 0 Å². The minimum absolute atomic E-state index is 0.0345. The number of carbonyl (C=O) groups excluding carboxylic acids is 1. The van der Waals surface area contributed by atoms with Crippen LogP contribution in [-0.4, -0.2) is 30.2 Å². The molecule has 2 fully saturated rings. The van der Waals surface area contributed by atoms with E-state index < -0.39 is 0 Å². The SMILES string of the molecule is C=C1CC(C)CC(C(C)OC(=O)N2CCC(c3ccccc3)C2)C1. The average Bonchev–Trinajstić information content (AvgIpc) is 3.05. The Hall–Kier alpha value is -1.77. The van der Waals surface area contributed by atoms with Crippen LogP contribution in [0.4, 0.5) is 4.79 Å². The topological polar surface area (TPSA) is 29.5 Å². The largest absolute Gasteiger partial charge is 0.446 e. The lowest BCUT2D eigenvalue weighted by Crippen LogP contribution is -2.35. The Morgan fingerprint density at radius 1 is 1.29 bits per heavy atom. The van der Waals surface area contributed by atoms with Crippen molar-refractivity contribution in [3.05, 3.63) is 48.0 Å². The molecule has 0 bridgehead atoms. The van der Waals surface area contributed by atoms with Crippen molar-refractivity contribution in [3.63, 3.8) is 0 Å². The maximum absolute atomic E-state index is 12.5. The Balaban J connectivity index is 1.53. The molecule has 1 aromatic carbocycles. The Morgan fingerprint density at radius 3 is 2.75 bits per heavy atom.